The van der Waals surface area contributed by atoms with Crippen LogP contribution in [0.3, 0.4) is 0 Å². The number of hydroxylamine groups is 1. The van der Waals surface area contributed by atoms with Crippen molar-refractivity contribution in [3.05, 3.63) is 59.7 Å². The molecule has 5 heteroatoms. The van der Waals surface area contributed by atoms with Crippen molar-refractivity contribution in [1.29, 1.82) is 0 Å². The van der Waals surface area contributed by atoms with E-state index in [2.05, 4.69) is 10.8 Å². The van der Waals surface area contributed by atoms with Crippen molar-refractivity contribution >= 4 is 12.1 Å². The van der Waals surface area contributed by atoms with Gasteiger partial charge in [0.2, 0.25) is 6.41 Å². The van der Waals surface area contributed by atoms with Crippen molar-refractivity contribution in [3.8, 4) is 5.75 Å². The summed E-state index contributed by atoms with van der Waals surface area (Å²) in [7, 11) is 0. The molecule has 0 aliphatic heterocycles. The lowest BCUT2D eigenvalue weighted by Gasteiger charge is -2.12. The quantitative estimate of drug-likeness (QED) is 0.514. The summed E-state index contributed by atoms with van der Waals surface area (Å²) in [5.41, 5.74) is 4.78. The molecule has 2 aromatic rings. The molecule has 2 rings (SSSR count). The van der Waals surface area contributed by atoms with Crippen LogP contribution in [0.1, 0.15) is 11.1 Å². The summed E-state index contributed by atoms with van der Waals surface area (Å²) in [6.45, 7) is 0.886. The van der Waals surface area contributed by atoms with E-state index in [-0.39, 0.29) is 0 Å². The van der Waals surface area contributed by atoms with E-state index in [0.29, 0.717) is 37.4 Å². The van der Waals surface area contributed by atoms with E-state index in [9.17, 15) is 4.79 Å². The third kappa shape index (κ3) is 4.59. The van der Waals surface area contributed by atoms with Crippen LogP contribution in [0.2, 0.25) is 0 Å². The molecule has 5 nitrogen and oxygen atoms in total. The Hall–Kier alpha value is -2.37. The maximum atomic E-state index is 10.7. The molecule has 0 aliphatic rings. The molecule has 0 bridgehead atoms. The van der Waals surface area contributed by atoms with Gasteiger partial charge in [-0.2, -0.15) is 0 Å². The zero-order valence-corrected chi connectivity index (χ0v) is 11.6. The monoisotopic (exact) mass is 286 g/mol. The van der Waals surface area contributed by atoms with Gasteiger partial charge in [0.25, 0.3) is 0 Å². The van der Waals surface area contributed by atoms with Crippen LogP contribution in [0.5, 0.6) is 5.75 Å². The molecule has 1 amide bonds. The zero-order valence-electron chi connectivity index (χ0n) is 11.6. The summed E-state index contributed by atoms with van der Waals surface area (Å²) in [6, 6.07) is 15.4. The maximum Gasteiger partial charge on any atom is 0.211 e. The van der Waals surface area contributed by atoms with Gasteiger partial charge in [0.15, 0.2) is 0 Å². The Morgan fingerprint density at radius 2 is 1.90 bits per heavy atom. The van der Waals surface area contributed by atoms with Gasteiger partial charge in [-0.05, 0) is 29.7 Å². The molecule has 0 spiro atoms. The lowest BCUT2D eigenvalue weighted by Crippen LogP contribution is -2.11. The summed E-state index contributed by atoms with van der Waals surface area (Å²) >= 11 is 0. The molecule has 0 radical (unpaired) electrons. The van der Waals surface area contributed by atoms with Crippen molar-refractivity contribution in [2.24, 2.45) is 0 Å². The molecule has 0 aromatic heterocycles. The fraction of sp³-hybridized carbons (Fsp3) is 0.188. The van der Waals surface area contributed by atoms with Crippen molar-refractivity contribution in [3.63, 3.8) is 0 Å². The SMILES string of the molecule is O=CNc1cc(CCNO)ccc1OCc1ccccc1. The van der Waals surface area contributed by atoms with Gasteiger partial charge in [-0.3, -0.25) is 4.79 Å². The van der Waals surface area contributed by atoms with Crippen molar-refractivity contribution in [2.75, 3.05) is 11.9 Å². The molecular formula is C16H18N2O3. The third-order valence-corrected chi connectivity index (χ3v) is 3.02. The van der Waals surface area contributed by atoms with Crippen molar-refractivity contribution in [2.45, 2.75) is 13.0 Å². The van der Waals surface area contributed by atoms with Crippen LogP contribution in [0.15, 0.2) is 48.5 Å². The van der Waals surface area contributed by atoms with Crippen LogP contribution in [0.25, 0.3) is 0 Å². The fourth-order valence-corrected chi connectivity index (χ4v) is 1.97. The van der Waals surface area contributed by atoms with Gasteiger partial charge in [-0.25, -0.2) is 5.48 Å². The first kappa shape index (κ1) is 15.0. The molecule has 0 unspecified atom stereocenters. The molecule has 0 saturated carbocycles. The number of carbonyl (C=O) groups is 1. The Kier molecular flexibility index (Phi) is 5.75. The molecule has 0 fully saturated rings. The largest absolute Gasteiger partial charge is 0.487 e. The van der Waals surface area contributed by atoms with E-state index < -0.39 is 0 Å². The number of hydrogen-bond acceptors (Lipinski definition) is 4. The third-order valence-electron chi connectivity index (χ3n) is 3.02. The second-order valence-corrected chi connectivity index (χ2v) is 4.53. The lowest BCUT2D eigenvalue weighted by molar-refractivity contribution is -0.105. The molecule has 110 valence electrons. The standard InChI is InChI=1S/C16H18N2O3/c19-12-17-15-10-13(8-9-18-20)6-7-16(15)21-11-14-4-2-1-3-5-14/h1-7,10,12,18,20H,8-9,11H2,(H,17,19). The van der Waals surface area contributed by atoms with Crippen LogP contribution < -0.4 is 15.5 Å². The van der Waals surface area contributed by atoms with Crippen LogP contribution in [0, 0.1) is 0 Å². The zero-order chi connectivity index (χ0) is 14.9. The smallest absolute Gasteiger partial charge is 0.211 e. The second kappa shape index (κ2) is 8.04. The van der Waals surface area contributed by atoms with Crippen LogP contribution in [-0.2, 0) is 17.8 Å². The molecule has 0 heterocycles. The number of amides is 1. The first-order valence-corrected chi connectivity index (χ1v) is 6.70. The molecule has 3 N–H and O–H groups in total. The average Bonchev–Trinajstić information content (AvgIpc) is 2.53. The Bertz CT molecular complexity index is 573. The van der Waals surface area contributed by atoms with Gasteiger partial charge in [0.05, 0.1) is 5.69 Å². The summed E-state index contributed by atoms with van der Waals surface area (Å²) in [4.78, 5) is 10.7. The predicted molar refractivity (Wildman–Crippen MR) is 80.4 cm³/mol. The Morgan fingerprint density at radius 1 is 1.10 bits per heavy atom. The number of rotatable bonds is 8. The fourth-order valence-electron chi connectivity index (χ4n) is 1.97. The van der Waals surface area contributed by atoms with Crippen molar-refractivity contribution < 1.29 is 14.7 Å². The number of ether oxygens (including phenoxy) is 1. The first-order chi connectivity index (χ1) is 10.3. The summed E-state index contributed by atoms with van der Waals surface area (Å²) in [5, 5.41) is 11.3. The minimum atomic E-state index is 0.436. The average molecular weight is 286 g/mol. The highest BCUT2D eigenvalue weighted by Crippen LogP contribution is 2.26. The van der Waals surface area contributed by atoms with Gasteiger partial charge < -0.3 is 15.3 Å². The van der Waals surface area contributed by atoms with E-state index >= 15 is 0 Å². The number of nitrogens with one attached hydrogen (secondary N) is 2. The topological polar surface area (TPSA) is 70.6 Å². The van der Waals surface area contributed by atoms with Gasteiger partial charge in [-0.15, -0.1) is 0 Å². The Balaban J connectivity index is 2.08. The van der Waals surface area contributed by atoms with E-state index in [1.165, 1.54) is 0 Å². The van der Waals surface area contributed by atoms with Crippen molar-refractivity contribution in [1.82, 2.24) is 5.48 Å². The first-order valence-electron chi connectivity index (χ1n) is 6.70. The normalized spacial score (nSPS) is 10.1. The lowest BCUT2D eigenvalue weighted by atomic mass is 10.1. The van der Waals surface area contributed by atoms with Crippen LogP contribution >= 0.6 is 0 Å². The highest BCUT2D eigenvalue weighted by Gasteiger charge is 2.05. The summed E-state index contributed by atoms with van der Waals surface area (Å²) in [6.07, 6.45) is 1.28. The molecule has 0 aliphatic carbocycles. The molecule has 21 heavy (non-hydrogen) atoms. The Labute approximate surface area is 123 Å². The highest BCUT2D eigenvalue weighted by molar-refractivity contribution is 5.75. The van der Waals surface area contributed by atoms with Gasteiger partial charge in [0.1, 0.15) is 12.4 Å². The number of carbonyl (C=O) groups excluding carboxylic acids is 1. The number of hydrogen-bond donors (Lipinski definition) is 3. The van der Waals surface area contributed by atoms with E-state index in [0.717, 1.165) is 11.1 Å². The van der Waals surface area contributed by atoms with Gasteiger partial charge in [0, 0.05) is 6.54 Å². The number of anilines is 1. The van der Waals surface area contributed by atoms with E-state index in [1.807, 2.05) is 48.5 Å². The van der Waals surface area contributed by atoms with Gasteiger partial charge in [-0.1, -0.05) is 36.4 Å². The minimum absolute atomic E-state index is 0.436. The molecule has 2 aromatic carbocycles. The highest BCUT2D eigenvalue weighted by atomic mass is 16.5. The maximum absolute atomic E-state index is 10.7. The van der Waals surface area contributed by atoms with Gasteiger partial charge >= 0.3 is 0 Å². The molecule has 0 atom stereocenters. The van der Waals surface area contributed by atoms with Crippen LogP contribution in [-0.4, -0.2) is 18.2 Å². The summed E-state index contributed by atoms with van der Waals surface area (Å²) in [5.74, 6) is 0.617. The predicted octanol–water partition coefficient (Wildman–Crippen LogP) is 2.36. The molecular weight excluding hydrogens is 268 g/mol. The van der Waals surface area contributed by atoms with E-state index in [4.69, 9.17) is 9.94 Å². The minimum Gasteiger partial charge on any atom is -0.487 e. The van der Waals surface area contributed by atoms with Crippen LogP contribution in [0.4, 0.5) is 5.69 Å². The second-order valence-electron chi connectivity index (χ2n) is 4.53. The number of benzene rings is 2. The van der Waals surface area contributed by atoms with E-state index in [1.54, 1.807) is 0 Å². The Morgan fingerprint density at radius 3 is 2.62 bits per heavy atom. The molecule has 0 saturated heterocycles. The summed E-state index contributed by atoms with van der Waals surface area (Å²) < 4.78 is 5.75.